The van der Waals surface area contributed by atoms with Crippen LogP contribution < -0.4 is 5.32 Å². The molecule has 2 rings (SSSR count). The molecule has 100 valence electrons. The van der Waals surface area contributed by atoms with E-state index < -0.39 is 0 Å². The van der Waals surface area contributed by atoms with Crippen LogP contribution in [0, 0.1) is 11.8 Å². The van der Waals surface area contributed by atoms with Gasteiger partial charge in [-0.15, -0.1) is 0 Å². The number of hydrogen-bond donors (Lipinski definition) is 1. The highest BCUT2D eigenvalue weighted by atomic mass is 15.1. The molecule has 2 heteroatoms. The molecule has 0 spiro atoms. The van der Waals surface area contributed by atoms with Gasteiger partial charge in [0.2, 0.25) is 0 Å². The highest BCUT2D eigenvalue weighted by molar-refractivity contribution is 4.79. The van der Waals surface area contributed by atoms with Crippen molar-refractivity contribution >= 4 is 0 Å². The first-order valence-electron chi connectivity index (χ1n) is 7.73. The van der Waals surface area contributed by atoms with Crippen LogP contribution in [0.5, 0.6) is 0 Å². The summed E-state index contributed by atoms with van der Waals surface area (Å²) in [6.45, 7) is 9.81. The second-order valence-corrected chi connectivity index (χ2v) is 6.25. The van der Waals surface area contributed by atoms with E-state index in [1.807, 2.05) is 0 Å². The van der Waals surface area contributed by atoms with Crippen LogP contribution in [0.15, 0.2) is 0 Å². The Labute approximate surface area is 107 Å². The van der Waals surface area contributed by atoms with Crippen LogP contribution in [0.3, 0.4) is 0 Å². The minimum absolute atomic E-state index is 0.801. The lowest BCUT2D eigenvalue weighted by molar-refractivity contribution is 0.194. The van der Waals surface area contributed by atoms with E-state index in [9.17, 15) is 0 Å². The van der Waals surface area contributed by atoms with Crippen LogP contribution in [0.2, 0.25) is 0 Å². The summed E-state index contributed by atoms with van der Waals surface area (Å²) < 4.78 is 0. The van der Waals surface area contributed by atoms with Crippen LogP contribution in [0.1, 0.15) is 52.4 Å². The van der Waals surface area contributed by atoms with Gasteiger partial charge in [0, 0.05) is 6.04 Å². The maximum Gasteiger partial charge on any atom is 0.00915 e. The van der Waals surface area contributed by atoms with Crippen molar-refractivity contribution in [3.63, 3.8) is 0 Å². The van der Waals surface area contributed by atoms with Gasteiger partial charge in [-0.1, -0.05) is 26.7 Å². The predicted octanol–water partition coefficient (Wildman–Crippen LogP) is 2.89. The second-order valence-electron chi connectivity index (χ2n) is 6.25. The Morgan fingerprint density at radius 3 is 2.53 bits per heavy atom. The Balaban J connectivity index is 1.62. The summed E-state index contributed by atoms with van der Waals surface area (Å²) in [4.78, 5) is 2.57. The van der Waals surface area contributed by atoms with Gasteiger partial charge in [-0.3, -0.25) is 0 Å². The molecule has 1 heterocycles. The second kappa shape index (κ2) is 6.75. The molecule has 2 aliphatic rings. The third kappa shape index (κ3) is 4.26. The van der Waals surface area contributed by atoms with E-state index in [4.69, 9.17) is 0 Å². The molecule has 1 aliphatic heterocycles. The number of piperidine rings is 1. The monoisotopic (exact) mass is 238 g/mol. The largest absolute Gasteiger partial charge is 0.314 e. The van der Waals surface area contributed by atoms with Crippen molar-refractivity contribution in [3.8, 4) is 0 Å². The topological polar surface area (TPSA) is 15.3 Å². The number of nitrogens with one attached hydrogen (secondary N) is 1. The lowest BCUT2D eigenvalue weighted by Gasteiger charge is -2.33. The molecule has 1 saturated carbocycles. The van der Waals surface area contributed by atoms with E-state index in [1.54, 1.807) is 0 Å². The molecule has 0 amide bonds. The third-order valence-corrected chi connectivity index (χ3v) is 4.77. The third-order valence-electron chi connectivity index (χ3n) is 4.77. The molecule has 0 aromatic rings. The summed E-state index contributed by atoms with van der Waals surface area (Å²) in [5.41, 5.74) is 0. The lowest BCUT2D eigenvalue weighted by Crippen LogP contribution is -2.44. The molecule has 1 N–H and O–H groups in total. The van der Waals surface area contributed by atoms with E-state index in [1.165, 1.54) is 64.7 Å². The fourth-order valence-electron chi connectivity index (χ4n) is 3.53. The molecule has 2 nitrogen and oxygen atoms in total. The molecular formula is C15H30N2. The van der Waals surface area contributed by atoms with Crippen LogP contribution in [-0.2, 0) is 0 Å². The summed E-state index contributed by atoms with van der Waals surface area (Å²) in [5, 5.41) is 3.83. The van der Waals surface area contributed by atoms with Gasteiger partial charge in [-0.2, -0.15) is 0 Å². The van der Waals surface area contributed by atoms with E-state index in [2.05, 4.69) is 24.1 Å². The van der Waals surface area contributed by atoms with Gasteiger partial charge in [0.05, 0.1) is 0 Å². The fourth-order valence-corrected chi connectivity index (χ4v) is 3.53. The molecule has 1 aliphatic carbocycles. The number of nitrogens with zero attached hydrogens (tertiary/aromatic N) is 1. The molecule has 0 aromatic carbocycles. The average Bonchev–Trinajstić information content (AvgIpc) is 2.37. The first-order valence-corrected chi connectivity index (χ1v) is 7.73. The Bertz CT molecular complexity index is 209. The number of hydrogen-bond acceptors (Lipinski definition) is 2. The smallest absolute Gasteiger partial charge is 0.00915 e. The predicted molar refractivity (Wildman–Crippen MR) is 74.3 cm³/mol. The van der Waals surface area contributed by atoms with Crippen LogP contribution >= 0.6 is 0 Å². The highest BCUT2D eigenvalue weighted by Crippen LogP contribution is 2.28. The van der Waals surface area contributed by atoms with Crippen LogP contribution in [-0.4, -0.2) is 37.1 Å². The van der Waals surface area contributed by atoms with Crippen LogP contribution in [0.4, 0.5) is 0 Å². The molecule has 0 aromatic heterocycles. The molecule has 0 bridgehead atoms. The summed E-state index contributed by atoms with van der Waals surface area (Å²) in [6, 6.07) is 0.801. The number of likely N-dealkylation sites (tertiary alicyclic amines) is 1. The zero-order chi connectivity index (χ0) is 12.1. The minimum Gasteiger partial charge on any atom is -0.314 e. The maximum absolute atomic E-state index is 3.83. The molecule has 2 fully saturated rings. The molecule has 2 unspecified atom stereocenters. The van der Waals surface area contributed by atoms with Crippen molar-refractivity contribution in [2.45, 2.75) is 58.4 Å². The zero-order valence-corrected chi connectivity index (χ0v) is 11.8. The van der Waals surface area contributed by atoms with Crippen molar-refractivity contribution in [2.24, 2.45) is 11.8 Å². The van der Waals surface area contributed by atoms with Gasteiger partial charge in [0.1, 0.15) is 0 Å². The highest BCUT2D eigenvalue weighted by Gasteiger charge is 2.21. The van der Waals surface area contributed by atoms with Crippen molar-refractivity contribution < 1.29 is 0 Å². The zero-order valence-electron chi connectivity index (χ0n) is 11.8. The normalized spacial score (nSPS) is 32.8. The van der Waals surface area contributed by atoms with E-state index in [0.29, 0.717) is 0 Å². The first-order chi connectivity index (χ1) is 8.28. The summed E-state index contributed by atoms with van der Waals surface area (Å²) >= 11 is 0. The number of rotatable bonds is 4. The standard InChI is InChI=1S/C15H30N2/c1-3-17-9-7-15(8-10-17)16-12-14-6-4-5-13(2)11-14/h13-16H,3-12H2,1-2H3. The van der Waals surface area contributed by atoms with E-state index >= 15 is 0 Å². The van der Waals surface area contributed by atoms with Crippen molar-refractivity contribution in [3.05, 3.63) is 0 Å². The Morgan fingerprint density at radius 1 is 1.12 bits per heavy atom. The minimum atomic E-state index is 0.801. The average molecular weight is 238 g/mol. The van der Waals surface area contributed by atoms with Gasteiger partial charge in [-0.25, -0.2) is 0 Å². The fraction of sp³-hybridized carbons (Fsp3) is 1.00. The lowest BCUT2D eigenvalue weighted by atomic mass is 9.82. The van der Waals surface area contributed by atoms with E-state index in [-0.39, 0.29) is 0 Å². The molecule has 2 atom stereocenters. The van der Waals surface area contributed by atoms with Crippen molar-refractivity contribution in [1.29, 1.82) is 0 Å². The van der Waals surface area contributed by atoms with E-state index in [0.717, 1.165) is 17.9 Å². The molecule has 17 heavy (non-hydrogen) atoms. The molecule has 0 radical (unpaired) electrons. The Hall–Kier alpha value is -0.0800. The SMILES string of the molecule is CCN1CCC(NCC2CCCC(C)C2)CC1. The van der Waals surface area contributed by atoms with Gasteiger partial charge in [0.15, 0.2) is 0 Å². The summed E-state index contributed by atoms with van der Waals surface area (Å²) in [6.07, 6.45) is 8.56. The van der Waals surface area contributed by atoms with Gasteiger partial charge < -0.3 is 10.2 Å². The first kappa shape index (κ1) is 13.4. The van der Waals surface area contributed by atoms with Gasteiger partial charge in [-0.05, 0) is 63.7 Å². The molecular weight excluding hydrogens is 208 g/mol. The molecule has 1 saturated heterocycles. The van der Waals surface area contributed by atoms with Gasteiger partial charge in [0.25, 0.3) is 0 Å². The summed E-state index contributed by atoms with van der Waals surface area (Å²) in [7, 11) is 0. The summed E-state index contributed by atoms with van der Waals surface area (Å²) in [5.74, 6) is 1.93. The van der Waals surface area contributed by atoms with Crippen LogP contribution in [0.25, 0.3) is 0 Å². The maximum atomic E-state index is 3.83. The quantitative estimate of drug-likeness (QED) is 0.810. The Morgan fingerprint density at radius 2 is 1.88 bits per heavy atom. The van der Waals surface area contributed by atoms with Crippen molar-refractivity contribution in [1.82, 2.24) is 10.2 Å². The Kier molecular flexibility index (Phi) is 5.30. The van der Waals surface area contributed by atoms with Gasteiger partial charge >= 0.3 is 0 Å². The van der Waals surface area contributed by atoms with Crippen molar-refractivity contribution in [2.75, 3.05) is 26.2 Å².